The van der Waals surface area contributed by atoms with Gasteiger partial charge in [-0.3, -0.25) is 9.35 Å². The highest BCUT2D eigenvalue weighted by Gasteiger charge is 2.28. The molecular formula is C18H16N2O5S. The van der Waals surface area contributed by atoms with Gasteiger partial charge < -0.3 is 4.74 Å². The number of rotatable bonds is 4. The Hall–Kier alpha value is -2.97. The average Bonchev–Trinajstić information content (AvgIpc) is 2.90. The number of amides is 1. The maximum absolute atomic E-state index is 12.7. The molecule has 2 aromatic carbocycles. The fourth-order valence-electron chi connectivity index (χ4n) is 2.49. The standard InChI is InChI=1S/C18H16N2O5S/c1-12-17(11-13-3-7-15(25-2)8-4-13)18(21)20(19-12)14-5-9-16(10-6-14)26(22,23)24/h3-11H,1-2H3,(H,22,23,24)/b17-11-. The first-order valence-corrected chi connectivity index (χ1v) is 9.07. The lowest BCUT2D eigenvalue weighted by atomic mass is 10.1. The van der Waals surface area contributed by atoms with Gasteiger partial charge in [-0.25, -0.2) is 0 Å². The molecule has 0 spiro atoms. The fraction of sp³-hybridized carbons (Fsp3) is 0.111. The number of carbonyl (C=O) groups excluding carboxylic acids is 1. The van der Waals surface area contributed by atoms with Gasteiger partial charge in [-0.1, -0.05) is 12.1 Å². The van der Waals surface area contributed by atoms with E-state index >= 15 is 0 Å². The summed E-state index contributed by atoms with van der Waals surface area (Å²) in [5.74, 6) is 0.397. The zero-order valence-corrected chi connectivity index (χ0v) is 14.9. The smallest absolute Gasteiger partial charge is 0.294 e. The topological polar surface area (TPSA) is 96.3 Å². The molecule has 1 aliphatic rings. The lowest BCUT2D eigenvalue weighted by Crippen LogP contribution is -2.21. The monoisotopic (exact) mass is 372 g/mol. The molecular weight excluding hydrogens is 356 g/mol. The highest BCUT2D eigenvalue weighted by Crippen LogP contribution is 2.26. The minimum absolute atomic E-state index is 0.248. The van der Waals surface area contributed by atoms with Crippen LogP contribution in [0.3, 0.4) is 0 Å². The SMILES string of the molecule is COc1ccc(/C=C2\C(=O)N(c3ccc(S(=O)(=O)O)cc3)N=C2C)cc1. The third-order valence-corrected chi connectivity index (χ3v) is 4.74. The van der Waals surface area contributed by atoms with Crippen LogP contribution < -0.4 is 9.75 Å². The Bertz CT molecular complexity index is 1010. The van der Waals surface area contributed by atoms with E-state index in [1.807, 2.05) is 12.1 Å². The number of nitrogens with zero attached hydrogens (tertiary/aromatic N) is 2. The molecule has 0 bridgehead atoms. The molecule has 1 amide bonds. The van der Waals surface area contributed by atoms with Crippen LogP contribution >= 0.6 is 0 Å². The maximum atomic E-state index is 12.7. The van der Waals surface area contributed by atoms with Crippen LogP contribution in [-0.2, 0) is 14.9 Å². The molecule has 3 rings (SSSR count). The van der Waals surface area contributed by atoms with E-state index in [2.05, 4.69) is 5.10 Å². The number of hydrogen-bond donors (Lipinski definition) is 1. The number of ether oxygens (including phenoxy) is 1. The average molecular weight is 372 g/mol. The molecule has 0 aromatic heterocycles. The Labute approximate surface area is 151 Å². The Kier molecular flexibility index (Phi) is 4.62. The second-order valence-corrected chi connectivity index (χ2v) is 7.02. The first-order chi connectivity index (χ1) is 12.3. The summed E-state index contributed by atoms with van der Waals surface area (Å²) in [6.07, 6.45) is 1.73. The summed E-state index contributed by atoms with van der Waals surface area (Å²) in [5.41, 5.74) is 2.21. The lowest BCUT2D eigenvalue weighted by Gasteiger charge is -2.12. The van der Waals surface area contributed by atoms with Crippen LogP contribution in [0, 0.1) is 0 Å². The fourth-order valence-corrected chi connectivity index (χ4v) is 2.97. The molecule has 2 aromatic rings. The van der Waals surface area contributed by atoms with Crippen molar-refractivity contribution in [1.82, 2.24) is 0 Å². The second kappa shape index (κ2) is 6.74. The third-order valence-electron chi connectivity index (χ3n) is 3.87. The van der Waals surface area contributed by atoms with Crippen molar-refractivity contribution in [2.75, 3.05) is 12.1 Å². The van der Waals surface area contributed by atoms with Crippen LogP contribution in [-0.4, -0.2) is 31.7 Å². The van der Waals surface area contributed by atoms with Gasteiger partial charge in [0.2, 0.25) is 0 Å². The highest BCUT2D eigenvalue weighted by atomic mass is 32.2. The summed E-state index contributed by atoms with van der Waals surface area (Å²) >= 11 is 0. The molecule has 0 fully saturated rings. The number of methoxy groups -OCH3 is 1. The first-order valence-electron chi connectivity index (χ1n) is 7.63. The zero-order chi connectivity index (χ0) is 18.9. The third kappa shape index (κ3) is 3.51. The van der Waals surface area contributed by atoms with Gasteiger partial charge in [-0.2, -0.15) is 18.5 Å². The number of hydrogen-bond acceptors (Lipinski definition) is 5. The van der Waals surface area contributed by atoms with Crippen LogP contribution in [0.5, 0.6) is 5.75 Å². The molecule has 0 unspecified atom stereocenters. The van der Waals surface area contributed by atoms with Gasteiger partial charge in [0, 0.05) is 0 Å². The van der Waals surface area contributed by atoms with Gasteiger partial charge in [0.25, 0.3) is 16.0 Å². The summed E-state index contributed by atoms with van der Waals surface area (Å²) in [5, 5.41) is 5.43. The van der Waals surface area contributed by atoms with E-state index < -0.39 is 10.1 Å². The van der Waals surface area contributed by atoms with E-state index in [9.17, 15) is 13.2 Å². The van der Waals surface area contributed by atoms with E-state index in [4.69, 9.17) is 9.29 Å². The van der Waals surface area contributed by atoms with E-state index in [-0.39, 0.29) is 10.8 Å². The molecule has 0 atom stereocenters. The zero-order valence-electron chi connectivity index (χ0n) is 14.1. The van der Waals surface area contributed by atoms with E-state index in [1.165, 1.54) is 29.3 Å². The molecule has 0 aliphatic carbocycles. The van der Waals surface area contributed by atoms with Crippen LogP contribution in [0.15, 0.2) is 64.1 Å². The largest absolute Gasteiger partial charge is 0.497 e. The molecule has 1 N–H and O–H groups in total. The summed E-state index contributed by atoms with van der Waals surface area (Å²) in [6.45, 7) is 1.72. The minimum atomic E-state index is -4.29. The summed E-state index contributed by atoms with van der Waals surface area (Å²) in [4.78, 5) is 12.4. The van der Waals surface area contributed by atoms with Gasteiger partial charge >= 0.3 is 0 Å². The van der Waals surface area contributed by atoms with Gasteiger partial charge in [-0.05, 0) is 55.0 Å². The summed E-state index contributed by atoms with van der Waals surface area (Å²) in [6, 6.07) is 12.5. The van der Waals surface area contributed by atoms with Crippen molar-refractivity contribution in [2.45, 2.75) is 11.8 Å². The minimum Gasteiger partial charge on any atom is -0.497 e. The predicted octanol–water partition coefficient (Wildman–Crippen LogP) is 2.75. The van der Waals surface area contributed by atoms with Gasteiger partial charge in [0.1, 0.15) is 5.75 Å². The molecule has 1 heterocycles. The van der Waals surface area contributed by atoms with Crippen molar-refractivity contribution < 1.29 is 22.5 Å². The Morgan fingerprint density at radius 3 is 2.23 bits per heavy atom. The van der Waals surface area contributed by atoms with Crippen molar-refractivity contribution in [2.24, 2.45) is 5.10 Å². The molecule has 26 heavy (non-hydrogen) atoms. The quantitative estimate of drug-likeness (QED) is 0.658. The normalized spacial score (nSPS) is 16.1. The number of anilines is 1. The molecule has 1 aliphatic heterocycles. The van der Waals surface area contributed by atoms with Gasteiger partial charge in [-0.15, -0.1) is 0 Å². The Morgan fingerprint density at radius 1 is 1.08 bits per heavy atom. The van der Waals surface area contributed by atoms with Crippen LogP contribution in [0.25, 0.3) is 6.08 Å². The van der Waals surface area contributed by atoms with Crippen molar-refractivity contribution in [1.29, 1.82) is 0 Å². The van der Waals surface area contributed by atoms with Crippen molar-refractivity contribution in [3.8, 4) is 5.75 Å². The van der Waals surface area contributed by atoms with Crippen LogP contribution in [0.4, 0.5) is 5.69 Å². The van der Waals surface area contributed by atoms with E-state index in [0.717, 1.165) is 11.3 Å². The molecule has 8 heteroatoms. The van der Waals surface area contributed by atoms with E-state index in [0.29, 0.717) is 17.0 Å². The van der Waals surface area contributed by atoms with Crippen molar-refractivity contribution in [3.05, 3.63) is 59.7 Å². The van der Waals surface area contributed by atoms with Crippen molar-refractivity contribution >= 4 is 33.5 Å². The molecule has 0 radical (unpaired) electrons. The molecule has 134 valence electrons. The van der Waals surface area contributed by atoms with Gasteiger partial charge in [0.15, 0.2) is 0 Å². The second-order valence-electron chi connectivity index (χ2n) is 5.60. The van der Waals surface area contributed by atoms with E-state index in [1.54, 1.807) is 32.2 Å². The number of hydrazone groups is 1. The Balaban J connectivity index is 1.88. The van der Waals surface area contributed by atoms with Crippen molar-refractivity contribution in [3.63, 3.8) is 0 Å². The summed E-state index contributed by atoms with van der Waals surface area (Å²) < 4.78 is 36.4. The highest BCUT2D eigenvalue weighted by molar-refractivity contribution is 7.85. The predicted molar refractivity (Wildman–Crippen MR) is 97.8 cm³/mol. The molecule has 0 saturated heterocycles. The summed E-state index contributed by atoms with van der Waals surface area (Å²) in [7, 11) is -2.71. The maximum Gasteiger partial charge on any atom is 0.294 e. The first kappa shape index (κ1) is 17.8. The molecule has 7 nitrogen and oxygen atoms in total. The lowest BCUT2D eigenvalue weighted by molar-refractivity contribution is -0.114. The molecule has 0 saturated carbocycles. The number of carbonyl (C=O) groups is 1. The van der Waals surface area contributed by atoms with Crippen LogP contribution in [0.1, 0.15) is 12.5 Å². The van der Waals surface area contributed by atoms with Gasteiger partial charge in [0.05, 0.1) is 29.0 Å². The van der Waals surface area contributed by atoms with Crippen LogP contribution in [0.2, 0.25) is 0 Å². The number of benzene rings is 2. The Morgan fingerprint density at radius 2 is 1.69 bits per heavy atom.